The number of anilines is 1. The van der Waals surface area contributed by atoms with Gasteiger partial charge in [0.25, 0.3) is 0 Å². The lowest BCUT2D eigenvalue weighted by Gasteiger charge is -2.07. The van der Waals surface area contributed by atoms with Crippen molar-refractivity contribution in [1.82, 2.24) is 10.2 Å². The molecule has 10 heteroatoms. The van der Waals surface area contributed by atoms with Crippen LogP contribution in [0.4, 0.5) is 18.3 Å². The molecule has 0 atom stereocenters. The summed E-state index contributed by atoms with van der Waals surface area (Å²) in [6.07, 6.45) is -4.42. The van der Waals surface area contributed by atoms with Crippen LogP contribution in [0.1, 0.15) is 16.0 Å². The molecule has 0 aliphatic heterocycles. The quantitative estimate of drug-likeness (QED) is 0.450. The molecule has 3 rings (SSSR count). The number of nitrogens with zero attached hydrogens (tertiary/aromatic N) is 2. The summed E-state index contributed by atoms with van der Waals surface area (Å²) >= 11 is 4.45. The highest BCUT2D eigenvalue weighted by Crippen LogP contribution is 2.30. The van der Waals surface area contributed by atoms with Gasteiger partial charge >= 0.3 is 6.18 Å². The number of benzene rings is 1. The third-order valence-electron chi connectivity index (χ3n) is 3.22. The van der Waals surface area contributed by atoms with Crippen LogP contribution in [0, 0.1) is 0 Å². The van der Waals surface area contributed by atoms with Crippen molar-refractivity contribution in [1.29, 1.82) is 0 Å². The Morgan fingerprint density at radius 2 is 1.92 bits per heavy atom. The Hall–Kier alpha value is -1.91. The first-order valence-corrected chi connectivity index (χ1v) is 10.0. The van der Waals surface area contributed by atoms with Gasteiger partial charge in [-0.05, 0) is 29.1 Å². The van der Waals surface area contributed by atoms with Gasteiger partial charge < -0.3 is 5.32 Å². The summed E-state index contributed by atoms with van der Waals surface area (Å²) in [5, 5.41) is 12.9. The van der Waals surface area contributed by atoms with E-state index < -0.39 is 11.7 Å². The minimum Gasteiger partial charge on any atom is -0.300 e. The molecule has 1 aromatic carbocycles. The molecule has 0 aliphatic rings. The van der Waals surface area contributed by atoms with Crippen LogP contribution < -0.4 is 5.32 Å². The van der Waals surface area contributed by atoms with Crippen molar-refractivity contribution in [3.63, 3.8) is 0 Å². The Morgan fingerprint density at radius 3 is 2.58 bits per heavy atom. The van der Waals surface area contributed by atoms with Crippen molar-refractivity contribution in [3.8, 4) is 0 Å². The van der Waals surface area contributed by atoms with Crippen molar-refractivity contribution in [2.45, 2.75) is 22.7 Å². The number of thiophene rings is 1. The Labute approximate surface area is 159 Å². The zero-order valence-electron chi connectivity index (χ0n) is 13.1. The molecular formula is C16H12F3N3OS3. The van der Waals surface area contributed by atoms with E-state index in [1.807, 2.05) is 17.5 Å². The van der Waals surface area contributed by atoms with Gasteiger partial charge in [0.05, 0.1) is 12.0 Å². The number of halogens is 3. The first-order chi connectivity index (χ1) is 12.4. The first kappa shape index (κ1) is 18.9. The Balaban J connectivity index is 1.52. The lowest BCUT2D eigenvalue weighted by Crippen LogP contribution is -2.14. The maximum absolute atomic E-state index is 12.5. The summed E-state index contributed by atoms with van der Waals surface area (Å²) in [5.74, 6) is 0.432. The van der Waals surface area contributed by atoms with Crippen molar-refractivity contribution in [2.75, 3.05) is 5.32 Å². The number of amides is 1. The van der Waals surface area contributed by atoms with E-state index in [-0.39, 0.29) is 12.3 Å². The predicted octanol–water partition coefficient (Wildman–Crippen LogP) is 5.09. The van der Waals surface area contributed by atoms with Crippen LogP contribution in [-0.2, 0) is 23.1 Å². The molecule has 3 aromatic rings. The third kappa shape index (κ3) is 5.29. The maximum atomic E-state index is 12.5. The molecular weight excluding hydrogens is 403 g/mol. The van der Waals surface area contributed by atoms with Crippen LogP contribution in [0.25, 0.3) is 0 Å². The SMILES string of the molecule is O=C(Cc1ccc(C(F)(F)F)cc1)Nc1nnc(SCc2cccs2)s1. The van der Waals surface area contributed by atoms with Gasteiger partial charge in [0.15, 0.2) is 4.34 Å². The molecule has 1 N–H and O–H groups in total. The summed E-state index contributed by atoms with van der Waals surface area (Å²) in [5.41, 5.74) is -0.245. The van der Waals surface area contributed by atoms with Gasteiger partial charge in [-0.15, -0.1) is 21.5 Å². The van der Waals surface area contributed by atoms with Crippen molar-refractivity contribution < 1.29 is 18.0 Å². The van der Waals surface area contributed by atoms with Gasteiger partial charge in [0.1, 0.15) is 0 Å². The molecule has 2 aromatic heterocycles. The minimum atomic E-state index is -4.38. The standard InChI is InChI=1S/C16H12F3N3OS3/c17-16(18,19)11-5-3-10(4-6-11)8-13(23)20-14-21-22-15(26-14)25-9-12-2-1-7-24-12/h1-7H,8-9H2,(H,20,21,23). The lowest BCUT2D eigenvalue weighted by atomic mass is 10.1. The molecule has 0 saturated heterocycles. The minimum absolute atomic E-state index is 0.0324. The summed E-state index contributed by atoms with van der Waals surface area (Å²) in [4.78, 5) is 13.2. The van der Waals surface area contributed by atoms with E-state index in [1.54, 1.807) is 11.3 Å². The van der Waals surface area contributed by atoms with Gasteiger partial charge in [0, 0.05) is 10.6 Å². The zero-order valence-corrected chi connectivity index (χ0v) is 15.6. The smallest absolute Gasteiger partial charge is 0.300 e. The molecule has 0 bridgehead atoms. The Morgan fingerprint density at radius 1 is 1.15 bits per heavy atom. The fraction of sp³-hybridized carbons (Fsp3) is 0.188. The highest BCUT2D eigenvalue weighted by Gasteiger charge is 2.29. The molecule has 0 aliphatic carbocycles. The zero-order chi connectivity index (χ0) is 18.6. The number of rotatable bonds is 6. The average Bonchev–Trinajstić information content (AvgIpc) is 3.24. The summed E-state index contributed by atoms with van der Waals surface area (Å²) in [6.45, 7) is 0. The average molecular weight is 415 g/mol. The third-order valence-corrected chi connectivity index (χ3v) is 6.30. The number of thioether (sulfide) groups is 1. The van der Waals surface area contributed by atoms with E-state index in [0.717, 1.165) is 22.2 Å². The van der Waals surface area contributed by atoms with E-state index >= 15 is 0 Å². The van der Waals surface area contributed by atoms with E-state index in [0.29, 0.717) is 10.7 Å². The highest BCUT2D eigenvalue weighted by atomic mass is 32.2. The maximum Gasteiger partial charge on any atom is 0.416 e. The number of carbonyl (C=O) groups is 1. The fourth-order valence-corrected chi connectivity index (χ4v) is 4.55. The Bertz CT molecular complexity index is 861. The molecule has 1 amide bonds. The lowest BCUT2D eigenvalue weighted by molar-refractivity contribution is -0.137. The molecule has 2 heterocycles. The number of hydrogen-bond donors (Lipinski definition) is 1. The van der Waals surface area contributed by atoms with Crippen molar-refractivity contribution >= 4 is 45.5 Å². The molecule has 0 fully saturated rings. The van der Waals surface area contributed by atoms with E-state index in [4.69, 9.17) is 0 Å². The number of hydrogen-bond acceptors (Lipinski definition) is 6. The first-order valence-electron chi connectivity index (χ1n) is 7.35. The van der Waals surface area contributed by atoms with Crippen LogP contribution >= 0.6 is 34.4 Å². The fourth-order valence-electron chi connectivity index (χ4n) is 2.01. The van der Waals surface area contributed by atoms with Crippen LogP contribution in [-0.4, -0.2) is 16.1 Å². The van der Waals surface area contributed by atoms with Crippen molar-refractivity contribution in [3.05, 3.63) is 57.8 Å². The summed E-state index contributed by atoms with van der Waals surface area (Å²) in [6, 6.07) is 8.54. The number of carbonyl (C=O) groups excluding carboxylic acids is 1. The number of nitrogens with one attached hydrogen (secondary N) is 1. The van der Waals surface area contributed by atoms with Gasteiger partial charge in [-0.25, -0.2) is 0 Å². The molecule has 136 valence electrons. The molecule has 4 nitrogen and oxygen atoms in total. The highest BCUT2D eigenvalue weighted by molar-refractivity contribution is 8.00. The van der Waals surface area contributed by atoms with Gasteiger partial charge in [-0.2, -0.15) is 13.2 Å². The number of aromatic nitrogens is 2. The van der Waals surface area contributed by atoms with Crippen LogP contribution in [0.15, 0.2) is 46.1 Å². The van der Waals surface area contributed by atoms with Crippen LogP contribution in [0.5, 0.6) is 0 Å². The monoisotopic (exact) mass is 415 g/mol. The van der Waals surface area contributed by atoms with Gasteiger partial charge in [0.2, 0.25) is 11.0 Å². The van der Waals surface area contributed by atoms with Crippen LogP contribution in [0.3, 0.4) is 0 Å². The second kappa shape index (κ2) is 8.19. The van der Waals surface area contributed by atoms with Gasteiger partial charge in [-0.1, -0.05) is 41.3 Å². The molecule has 0 radical (unpaired) electrons. The summed E-state index contributed by atoms with van der Waals surface area (Å²) in [7, 11) is 0. The molecule has 0 saturated carbocycles. The normalized spacial score (nSPS) is 11.5. The second-order valence-electron chi connectivity index (χ2n) is 5.16. The number of alkyl halides is 3. The van der Waals surface area contributed by atoms with Crippen molar-refractivity contribution in [2.24, 2.45) is 0 Å². The largest absolute Gasteiger partial charge is 0.416 e. The summed E-state index contributed by atoms with van der Waals surface area (Å²) < 4.78 is 38.3. The molecule has 0 spiro atoms. The van der Waals surface area contributed by atoms with E-state index in [9.17, 15) is 18.0 Å². The van der Waals surface area contributed by atoms with E-state index in [1.165, 1.54) is 40.1 Å². The predicted molar refractivity (Wildman–Crippen MR) is 97.6 cm³/mol. The van der Waals surface area contributed by atoms with Crippen LogP contribution in [0.2, 0.25) is 0 Å². The molecule has 0 unspecified atom stereocenters. The van der Waals surface area contributed by atoms with E-state index in [2.05, 4.69) is 15.5 Å². The van der Waals surface area contributed by atoms with Gasteiger partial charge in [-0.3, -0.25) is 4.79 Å². The molecule has 26 heavy (non-hydrogen) atoms. The Kier molecular flexibility index (Phi) is 5.94. The second-order valence-corrected chi connectivity index (χ2v) is 8.39. The topological polar surface area (TPSA) is 54.9 Å².